The number of hydrogen-bond acceptors (Lipinski definition) is 5. The maximum Gasteiger partial charge on any atom is 0.206 e. The molecule has 0 bridgehead atoms. The number of likely N-dealkylation sites (N-methyl/N-ethyl adjacent to an activating group) is 1. The normalized spacial score (nSPS) is 22.9. The van der Waals surface area contributed by atoms with Crippen LogP contribution in [0.5, 0.6) is 5.75 Å². The molecule has 2 heterocycles. The Hall–Kier alpha value is -2.05. The molecule has 2 aliphatic heterocycles. The maximum absolute atomic E-state index is 13.1. The second-order valence-electron chi connectivity index (χ2n) is 7.56. The fourth-order valence-corrected chi connectivity index (χ4v) is 5.73. The van der Waals surface area contributed by atoms with Gasteiger partial charge in [0, 0.05) is 24.7 Å². The van der Waals surface area contributed by atoms with E-state index < -0.39 is 9.84 Å². The van der Waals surface area contributed by atoms with Crippen molar-refractivity contribution in [1.82, 2.24) is 4.90 Å². The highest BCUT2D eigenvalue weighted by molar-refractivity contribution is 7.91. The van der Waals surface area contributed by atoms with Gasteiger partial charge in [0.05, 0.1) is 16.9 Å². The van der Waals surface area contributed by atoms with Crippen LogP contribution in [0.4, 0.5) is 5.69 Å². The number of benzene rings is 2. The van der Waals surface area contributed by atoms with Crippen molar-refractivity contribution < 1.29 is 13.2 Å². The van der Waals surface area contributed by atoms with Gasteiger partial charge in [0.1, 0.15) is 5.75 Å². The molecule has 0 saturated carbocycles. The van der Waals surface area contributed by atoms with E-state index in [-0.39, 0.29) is 0 Å². The summed E-state index contributed by atoms with van der Waals surface area (Å²) >= 11 is 0. The Morgan fingerprint density at radius 1 is 0.963 bits per heavy atom. The molecule has 6 heteroatoms. The summed E-state index contributed by atoms with van der Waals surface area (Å²) in [5.74, 6) is 1.04. The van der Waals surface area contributed by atoms with Gasteiger partial charge >= 0.3 is 0 Å². The van der Waals surface area contributed by atoms with E-state index in [1.807, 2.05) is 12.1 Å². The van der Waals surface area contributed by atoms with Gasteiger partial charge in [-0.1, -0.05) is 0 Å². The molecule has 0 aliphatic carbocycles. The van der Waals surface area contributed by atoms with Gasteiger partial charge < -0.3 is 14.5 Å². The van der Waals surface area contributed by atoms with E-state index in [9.17, 15) is 8.42 Å². The van der Waals surface area contributed by atoms with Crippen LogP contribution in [-0.2, 0) is 9.84 Å². The Morgan fingerprint density at radius 2 is 1.63 bits per heavy atom. The molecular weight excluding hydrogens is 360 g/mol. The highest BCUT2D eigenvalue weighted by Gasteiger charge is 2.38. The van der Waals surface area contributed by atoms with E-state index in [1.165, 1.54) is 11.3 Å². The molecule has 2 aliphatic rings. The maximum atomic E-state index is 13.1. The molecule has 5 nitrogen and oxygen atoms in total. The van der Waals surface area contributed by atoms with Gasteiger partial charge in [0.15, 0.2) is 0 Å². The predicted octanol–water partition coefficient (Wildman–Crippen LogP) is 3.16. The average molecular weight is 387 g/mol. The van der Waals surface area contributed by atoms with Gasteiger partial charge in [-0.2, -0.15) is 0 Å². The Bertz CT molecular complexity index is 940. The quantitative estimate of drug-likeness (QED) is 0.811. The van der Waals surface area contributed by atoms with E-state index >= 15 is 0 Å². The van der Waals surface area contributed by atoms with Crippen molar-refractivity contribution in [3.05, 3.63) is 48.0 Å². The lowest BCUT2D eigenvalue weighted by Crippen LogP contribution is -2.31. The third kappa shape index (κ3) is 3.11. The van der Waals surface area contributed by atoms with Crippen molar-refractivity contribution in [2.24, 2.45) is 0 Å². The number of hydrogen-bond donors (Lipinski definition) is 0. The first-order valence-electron chi connectivity index (χ1n) is 9.36. The summed E-state index contributed by atoms with van der Waals surface area (Å²) in [6.07, 6.45) is 2.16. The number of ether oxygens (including phenoxy) is 1. The van der Waals surface area contributed by atoms with Crippen LogP contribution in [0.15, 0.2) is 52.3 Å². The summed E-state index contributed by atoms with van der Waals surface area (Å²) in [7, 11) is 2.32. The smallest absolute Gasteiger partial charge is 0.206 e. The highest BCUT2D eigenvalue weighted by Crippen LogP contribution is 2.45. The first kappa shape index (κ1) is 18.3. The Morgan fingerprint density at radius 3 is 2.33 bits per heavy atom. The van der Waals surface area contributed by atoms with E-state index in [1.54, 1.807) is 37.4 Å². The lowest BCUT2D eigenvalue weighted by Gasteiger charge is -2.25. The van der Waals surface area contributed by atoms with Gasteiger partial charge in [-0.3, -0.25) is 0 Å². The van der Waals surface area contributed by atoms with Crippen LogP contribution in [0.2, 0.25) is 0 Å². The molecule has 0 N–H and O–H groups in total. The predicted molar refractivity (Wildman–Crippen MR) is 107 cm³/mol. The van der Waals surface area contributed by atoms with Crippen LogP contribution in [0, 0.1) is 0 Å². The number of sulfone groups is 1. The summed E-state index contributed by atoms with van der Waals surface area (Å²) in [5, 5.41) is 0. The number of rotatable bonds is 3. The van der Waals surface area contributed by atoms with E-state index in [0.29, 0.717) is 27.5 Å². The number of nitrogens with zero attached hydrogens (tertiary/aromatic N) is 2. The Balaban J connectivity index is 1.72. The van der Waals surface area contributed by atoms with Gasteiger partial charge in [-0.05, 0) is 81.0 Å². The van der Waals surface area contributed by atoms with Gasteiger partial charge in [-0.25, -0.2) is 8.42 Å². The first-order chi connectivity index (χ1) is 12.9. The minimum atomic E-state index is -3.55. The highest BCUT2D eigenvalue weighted by atomic mass is 32.2. The minimum Gasteiger partial charge on any atom is -0.497 e. The number of anilines is 1. The number of methoxy groups -OCH3 is 1. The molecule has 4 rings (SSSR count). The SMILES string of the molecule is COc1ccc(S(=O)(=O)c2ccc3c(c2)[C@@H]2CCN(C)CC[C@H]2N3C)cc1. The zero-order valence-corrected chi connectivity index (χ0v) is 16.9. The molecule has 144 valence electrons. The largest absolute Gasteiger partial charge is 0.497 e. The van der Waals surface area contributed by atoms with Gasteiger partial charge in [0.25, 0.3) is 0 Å². The summed E-state index contributed by atoms with van der Waals surface area (Å²) in [6, 6.07) is 12.7. The summed E-state index contributed by atoms with van der Waals surface area (Å²) < 4.78 is 31.4. The molecule has 0 radical (unpaired) electrons. The molecule has 1 fully saturated rings. The Kier molecular flexibility index (Phi) is 4.64. The van der Waals surface area contributed by atoms with Crippen molar-refractivity contribution in [1.29, 1.82) is 0 Å². The molecule has 0 amide bonds. The lowest BCUT2D eigenvalue weighted by molar-refractivity contribution is 0.345. The third-order valence-electron chi connectivity index (χ3n) is 6.05. The molecule has 0 unspecified atom stereocenters. The summed E-state index contributed by atoms with van der Waals surface area (Å²) in [5.41, 5.74) is 2.34. The molecule has 0 aromatic heterocycles. The third-order valence-corrected chi connectivity index (χ3v) is 7.82. The average Bonchev–Trinajstić information content (AvgIpc) is 2.81. The van der Waals surface area contributed by atoms with Gasteiger partial charge in [-0.15, -0.1) is 0 Å². The fraction of sp³-hybridized carbons (Fsp3) is 0.429. The summed E-state index contributed by atoms with van der Waals surface area (Å²) in [4.78, 5) is 5.37. The van der Waals surface area contributed by atoms with E-state index in [0.717, 1.165) is 25.9 Å². The van der Waals surface area contributed by atoms with Crippen LogP contribution >= 0.6 is 0 Å². The Labute approximate surface area is 161 Å². The topological polar surface area (TPSA) is 49.9 Å². The zero-order valence-electron chi connectivity index (χ0n) is 16.1. The number of fused-ring (bicyclic) bond motifs is 3. The minimum absolute atomic E-state index is 0.298. The van der Waals surface area contributed by atoms with E-state index in [2.05, 4.69) is 23.9 Å². The molecule has 2 atom stereocenters. The fourth-order valence-electron chi connectivity index (χ4n) is 4.43. The van der Waals surface area contributed by atoms with Crippen molar-refractivity contribution >= 4 is 15.5 Å². The summed E-state index contributed by atoms with van der Waals surface area (Å²) in [6.45, 7) is 2.13. The van der Waals surface area contributed by atoms with Crippen LogP contribution in [0.1, 0.15) is 24.3 Å². The molecule has 2 aromatic rings. The molecular formula is C21H26N2O3S. The first-order valence-corrected chi connectivity index (χ1v) is 10.8. The van der Waals surface area contributed by atoms with Crippen molar-refractivity contribution in [3.8, 4) is 5.75 Å². The van der Waals surface area contributed by atoms with Crippen LogP contribution in [-0.4, -0.2) is 53.7 Å². The van der Waals surface area contributed by atoms with Crippen LogP contribution < -0.4 is 9.64 Å². The van der Waals surface area contributed by atoms with E-state index in [4.69, 9.17) is 4.74 Å². The van der Waals surface area contributed by atoms with Crippen molar-refractivity contribution in [2.45, 2.75) is 34.6 Å². The zero-order chi connectivity index (χ0) is 19.2. The second-order valence-corrected chi connectivity index (χ2v) is 9.51. The molecule has 0 spiro atoms. The monoisotopic (exact) mass is 386 g/mol. The second kappa shape index (κ2) is 6.84. The number of likely N-dealkylation sites (tertiary alicyclic amines) is 1. The lowest BCUT2D eigenvalue weighted by atomic mass is 9.91. The standard InChI is InChI=1S/C21H26N2O3S/c1-22-12-10-18-19-14-17(8-9-20(19)23(2)21(18)11-13-22)27(24,25)16-6-4-15(26-3)5-7-16/h4-9,14,18,21H,10-13H2,1-3H3/t18-,21+/m0/s1. The van der Waals surface area contributed by atoms with Crippen molar-refractivity contribution in [3.63, 3.8) is 0 Å². The molecule has 2 aromatic carbocycles. The van der Waals surface area contributed by atoms with Crippen molar-refractivity contribution in [2.75, 3.05) is 39.2 Å². The molecule has 1 saturated heterocycles. The molecule has 27 heavy (non-hydrogen) atoms. The van der Waals surface area contributed by atoms with Crippen LogP contribution in [0.25, 0.3) is 0 Å². The van der Waals surface area contributed by atoms with Gasteiger partial charge in [0.2, 0.25) is 9.84 Å². The van der Waals surface area contributed by atoms with Crippen LogP contribution in [0.3, 0.4) is 0 Å².